The van der Waals surface area contributed by atoms with E-state index in [0.29, 0.717) is 10.7 Å². The smallest absolute Gasteiger partial charge is 0.333 e. The molecule has 2 amide bonds. The van der Waals surface area contributed by atoms with Gasteiger partial charge in [-0.05, 0) is 43.2 Å². The Morgan fingerprint density at radius 1 is 1.14 bits per heavy atom. The van der Waals surface area contributed by atoms with Gasteiger partial charge in [-0.15, -0.1) is 0 Å². The van der Waals surface area contributed by atoms with Gasteiger partial charge in [0.1, 0.15) is 0 Å². The molecule has 2 aromatic carbocycles. The van der Waals surface area contributed by atoms with E-state index in [9.17, 15) is 22.8 Å². The number of nitrogens with one attached hydrogen (secondary N) is 1. The molecule has 8 heteroatoms. The molecule has 0 unspecified atom stereocenters. The zero-order chi connectivity index (χ0) is 20.9. The summed E-state index contributed by atoms with van der Waals surface area (Å²) in [7, 11) is 0. The van der Waals surface area contributed by atoms with E-state index in [1.54, 1.807) is 25.1 Å². The first-order valence-electron chi connectivity index (χ1n) is 8.60. The van der Waals surface area contributed by atoms with Gasteiger partial charge in [-0.1, -0.05) is 35.9 Å². The van der Waals surface area contributed by atoms with Gasteiger partial charge in [-0.3, -0.25) is 9.59 Å². The van der Waals surface area contributed by atoms with Gasteiger partial charge in [0.2, 0.25) is 11.8 Å². The maximum absolute atomic E-state index is 12.8. The first-order valence-corrected chi connectivity index (χ1v) is 8.98. The van der Waals surface area contributed by atoms with Crippen molar-refractivity contribution in [1.29, 1.82) is 0 Å². The van der Waals surface area contributed by atoms with Crippen molar-refractivity contribution in [2.75, 3.05) is 18.4 Å². The van der Waals surface area contributed by atoms with Crippen molar-refractivity contribution in [3.63, 3.8) is 0 Å². The maximum atomic E-state index is 12.8. The normalized spacial score (nSPS) is 11.2. The minimum Gasteiger partial charge on any atom is -0.333 e. The summed E-state index contributed by atoms with van der Waals surface area (Å²) in [5, 5.41) is 3.16. The highest BCUT2D eigenvalue weighted by Crippen LogP contribution is 2.29. The molecule has 2 aromatic rings. The van der Waals surface area contributed by atoms with Gasteiger partial charge in [0.05, 0.1) is 18.5 Å². The SMILES string of the molecule is CCN(CC(=O)Nc1cc(Cl)ccc1C)C(=O)Cc1cccc(C(F)(F)F)c1. The Balaban J connectivity index is 2.03. The fourth-order valence-electron chi connectivity index (χ4n) is 2.61. The standard InChI is InChI=1S/C20H20ClF3N2O2/c1-3-26(12-18(27)25-17-11-16(21)8-7-13(17)2)19(28)10-14-5-4-6-15(9-14)20(22,23)24/h4-9,11H,3,10,12H2,1-2H3,(H,25,27). The fraction of sp³-hybridized carbons (Fsp3) is 0.300. The molecule has 0 fully saturated rings. The first kappa shape index (κ1) is 21.8. The van der Waals surface area contributed by atoms with Gasteiger partial charge < -0.3 is 10.2 Å². The number of amides is 2. The van der Waals surface area contributed by atoms with Gasteiger partial charge in [0.15, 0.2) is 0 Å². The summed E-state index contributed by atoms with van der Waals surface area (Å²) >= 11 is 5.92. The number of nitrogens with zero attached hydrogens (tertiary/aromatic N) is 1. The van der Waals surface area contributed by atoms with Crippen LogP contribution in [-0.4, -0.2) is 29.8 Å². The summed E-state index contributed by atoms with van der Waals surface area (Å²) in [6.07, 6.45) is -4.70. The lowest BCUT2D eigenvalue weighted by molar-refractivity contribution is -0.138. The molecule has 0 aliphatic rings. The third-order valence-corrected chi connectivity index (χ3v) is 4.39. The number of rotatable bonds is 6. The van der Waals surface area contributed by atoms with Gasteiger partial charge in [-0.25, -0.2) is 0 Å². The lowest BCUT2D eigenvalue weighted by Crippen LogP contribution is -2.38. The van der Waals surface area contributed by atoms with Crippen molar-refractivity contribution < 1.29 is 22.8 Å². The average molecular weight is 413 g/mol. The van der Waals surface area contributed by atoms with Gasteiger partial charge in [0, 0.05) is 17.3 Å². The Bertz CT molecular complexity index is 869. The third kappa shape index (κ3) is 5.99. The molecule has 0 spiro atoms. The second kappa shape index (κ2) is 9.10. The molecule has 0 aromatic heterocycles. The van der Waals surface area contributed by atoms with Crippen LogP contribution in [0.3, 0.4) is 0 Å². The van der Waals surface area contributed by atoms with Crippen LogP contribution in [0.1, 0.15) is 23.6 Å². The molecular weight excluding hydrogens is 393 g/mol. The molecule has 150 valence electrons. The summed E-state index contributed by atoms with van der Waals surface area (Å²) in [6, 6.07) is 9.67. The number of hydrogen-bond donors (Lipinski definition) is 1. The number of benzene rings is 2. The molecule has 1 N–H and O–H groups in total. The molecule has 0 saturated heterocycles. The molecule has 0 heterocycles. The predicted molar refractivity (Wildman–Crippen MR) is 102 cm³/mol. The predicted octanol–water partition coefficient (Wildman–Crippen LogP) is 4.70. The number of anilines is 1. The van der Waals surface area contributed by atoms with Crippen LogP contribution in [-0.2, 0) is 22.2 Å². The molecule has 0 atom stereocenters. The van der Waals surface area contributed by atoms with Crippen LogP contribution in [0.4, 0.5) is 18.9 Å². The van der Waals surface area contributed by atoms with Crippen LogP contribution < -0.4 is 5.32 Å². The third-order valence-electron chi connectivity index (χ3n) is 4.15. The van der Waals surface area contributed by atoms with Gasteiger partial charge in [-0.2, -0.15) is 13.2 Å². The quantitative estimate of drug-likeness (QED) is 0.747. The summed E-state index contributed by atoms with van der Waals surface area (Å²) in [4.78, 5) is 26.0. The molecule has 0 aliphatic heterocycles. The zero-order valence-electron chi connectivity index (χ0n) is 15.4. The molecule has 0 aliphatic carbocycles. The van der Waals surface area contributed by atoms with E-state index in [0.717, 1.165) is 17.7 Å². The Morgan fingerprint density at radius 2 is 1.86 bits per heavy atom. The molecule has 2 rings (SSSR count). The fourth-order valence-corrected chi connectivity index (χ4v) is 2.78. The topological polar surface area (TPSA) is 49.4 Å². The highest BCUT2D eigenvalue weighted by molar-refractivity contribution is 6.31. The van der Waals surface area contributed by atoms with Crippen LogP contribution in [0, 0.1) is 6.92 Å². The van der Waals surface area contributed by atoms with Crippen molar-refractivity contribution >= 4 is 29.1 Å². The number of carbonyl (C=O) groups excluding carboxylic acids is 2. The van der Waals surface area contributed by atoms with Crippen LogP contribution >= 0.6 is 11.6 Å². The molecule has 0 saturated carbocycles. The van der Waals surface area contributed by atoms with Crippen LogP contribution in [0.15, 0.2) is 42.5 Å². The average Bonchev–Trinajstić information content (AvgIpc) is 2.62. The first-order chi connectivity index (χ1) is 13.1. The largest absolute Gasteiger partial charge is 0.416 e. The maximum Gasteiger partial charge on any atom is 0.416 e. The Labute approximate surface area is 166 Å². The minimum atomic E-state index is -4.47. The van der Waals surface area contributed by atoms with E-state index in [1.165, 1.54) is 17.0 Å². The number of halogens is 4. The van der Waals surface area contributed by atoms with Gasteiger partial charge >= 0.3 is 6.18 Å². The second-order valence-corrected chi connectivity index (χ2v) is 6.73. The van der Waals surface area contributed by atoms with Crippen molar-refractivity contribution in [2.24, 2.45) is 0 Å². The van der Waals surface area contributed by atoms with Crippen molar-refractivity contribution in [3.05, 3.63) is 64.2 Å². The zero-order valence-corrected chi connectivity index (χ0v) is 16.2. The van der Waals surface area contributed by atoms with E-state index in [1.807, 2.05) is 6.92 Å². The van der Waals surface area contributed by atoms with E-state index in [2.05, 4.69) is 5.32 Å². The molecule has 0 radical (unpaired) electrons. The summed E-state index contributed by atoms with van der Waals surface area (Å²) in [6.45, 7) is 3.55. The van der Waals surface area contributed by atoms with E-state index < -0.39 is 23.6 Å². The number of alkyl halides is 3. The van der Waals surface area contributed by atoms with Crippen molar-refractivity contribution in [2.45, 2.75) is 26.4 Å². The minimum absolute atomic E-state index is 0.208. The van der Waals surface area contributed by atoms with Crippen LogP contribution in [0.2, 0.25) is 5.02 Å². The highest BCUT2D eigenvalue weighted by atomic mass is 35.5. The van der Waals surface area contributed by atoms with Gasteiger partial charge in [0.25, 0.3) is 0 Å². The van der Waals surface area contributed by atoms with Crippen molar-refractivity contribution in [3.8, 4) is 0 Å². The number of likely N-dealkylation sites (N-methyl/N-ethyl adjacent to an activating group) is 1. The second-order valence-electron chi connectivity index (χ2n) is 6.29. The van der Waals surface area contributed by atoms with E-state index in [4.69, 9.17) is 11.6 Å². The number of carbonyl (C=O) groups is 2. The summed E-state index contributed by atoms with van der Waals surface area (Å²) in [5.41, 5.74) is 0.786. The molecule has 4 nitrogen and oxygen atoms in total. The Kier molecular flexibility index (Phi) is 7.07. The van der Waals surface area contributed by atoms with Crippen molar-refractivity contribution in [1.82, 2.24) is 4.90 Å². The lowest BCUT2D eigenvalue weighted by atomic mass is 10.1. The van der Waals surface area contributed by atoms with Crippen LogP contribution in [0.25, 0.3) is 0 Å². The molecule has 28 heavy (non-hydrogen) atoms. The lowest BCUT2D eigenvalue weighted by Gasteiger charge is -2.21. The van der Waals surface area contributed by atoms with E-state index in [-0.39, 0.29) is 25.1 Å². The highest BCUT2D eigenvalue weighted by Gasteiger charge is 2.30. The molecular formula is C20H20ClF3N2O2. The molecule has 0 bridgehead atoms. The number of aryl methyl sites for hydroxylation is 1. The Hall–Kier alpha value is -2.54. The van der Waals surface area contributed by atoms with E-state index >= 15 is 0 Å². The number of hydrogen-bond acceptors (Lipinski definition) is 2. The summed E-state index contributed by atoms with van der Waals surface area (Å²) in [5.74, 6) is -0.843. The Morgan fingerprint density at radius 3 is 2.50 bits per heavy atom. The van der Waals surface area contributed by atoms with Crippen LogP contribution in [0.5, 0.6) is 0 Å². The monoisotopic (exact) mass is 412 g/mol. The summed E-state index contributed by atoms with van der Waals surface area (Å²) < 4.78 is 38.4.